The average molecular weight is 328 g/mol. The van der Waals surface area contributed by atoms with Gasteiger partial charge < -0.3 is 20.7 Å². The van der Waals surface area contributed by atoms with Gasteiger partial charge in [-0.2, -0.15) is 0 Å². The van der Waals surface area contributed by atoms with Crippen LogP contribution in [0.15, 0.2) is 16.6 Å². The molecule has 0 saturated carbocycles. The summed E-state index contributed by atoms with van der Waals surface area (Å²) in [6.45, 7) is 1.61. The fraction of sp³-hybridized carbons (Fsp3) is 0.462. The van der Waals surface area contributed by atoms with Crippen molar-refractivity contribution in [3.05, 3.63) is 22.2 Å². The van der Waals surface area contributed by atoms with Crippen molar-refractivity contribution in [2.45, 2.75) is 12.5 Å². The fourth-order valence-corrected chi connectivity index (χ4v) is 2.82. The van der Waals surface area contributed by atoms with Crippen LogP contribution in [0.5, 0.6) is 0 Å². The Balaban J connectivity index is 2.19. The third-order valence-electron chi connectivity index (χ3n) is 3.25. The molecule has 1 atom stereocenters. The molecule has 0 bridgehead atoms. The number of rotatable bonds is 5. The summed E-state index contributed by atoms with van der Waals surface area (Å²) >= 11 is 3.54. The van der Waals surface area contributed by atoms with E-state index in [2.05, 4.69) is 26.1 Å². The van der Waals surface area contributed by atoms with Gasteiger partial charge >= 0.3 is 0 Å². The van der Waals surface area contributed by atoms with Gasteiger partial charge in [-0.05, 0) is 34.5 Å². The van der Waals surface area contributed by atoms with Crippen molar-refractivity contribution in [3.8, 4) is 0 Å². The lowest BCUT2D eigenvalue weighted by molar-refractivity contribution is -0.116. The molecular formula is C13H18BrN3O2. The van der Waals surface area contributed by atoms with E-state index in [0.29, 0.717) is 0 Å². The van der Waals surface area contributed by atoms with E-state index in [1.54, 1.807) is 7.11 Å². The molecule has 6 heteroatoms. The molecule has 1 aromatic rings. The Morgan fingerprint density at radius 1 is 1.53 bits per heavy atom. The number of benzene rings is 1. The predicted molar refractivity (Wildman–Crippen MR) is 79.5 cm³/mol. The highest BCUT2D eigenvalue weighted by molar-refractivity contribution is 9.10. The van der Waals surface area contributed by atoms with Gasteiger partial charge in [-0.3, -0.25) is 4.79 Å². The molecule has 1 aromatic carbocycles. The van der Waals surface area contributed by atoms with Crippen molar-refractivity contribution < 1.29 is 9.53 Å². The molecule has 3 N–H and O–H groups in total. The molecular weight excluding hydrogens is 310 g/mol. The maximum absolute atomic E-state index is 11.6. The number of hydrogen-bond acceptors (Lipinski definition) is 4. The molecule has 1 aliphatic heterocycles. The van der Waals surface area contributed by atoms with Crippen molar-refractivity contribution in [2.75, 3.05) is 37.5 Å². The fourth-order valence-electron chi connectivity index (χ4n) is 2.15. The summed E-state index contributed by atoms with van der Waals surface area (Å²) < 4.78 is 5.99. The molecule has 5 nitrogen and oxygen atoms in total. The van der Waals surface area contributed by atoms with E-state index in [0.717, 1.165) is 41.0 Å². The van der Waals surface area contributed by atoms with Crippen molar-refractivity contribution >= 4 is 33.2 Å². The molecule has 104 valence electrons. The monoisotopic (exact) mass is 327 g/mol. The Labute approximate surface area is 121 Å². The molecule has 1 amide bonds. The Hall–Kier alpha value is -1.11. The minimum absolute atomic E-state index is 0.152. The molecule has 0 radical (unpaired) electrons. The number of anilines is 2. The molecule has 19 heavy (non-hydrogen) atoms. The Morgan fingerprint density at radius 2 is 2.26 bits per heavy atom. The van der Waals surface area contributed by atoms with E-state index < -0.39 is 6.04 Å². The minimum atomic E-state index is -0.570. The SMILES string of the molecule is COCCCN(C)c1cc2c(cc1Br)C(N)C(=O)N2. The van der Waals surface area contributed by atoms with Gasteiger partial charge in [-0.25, -0.2) is 0 Å². The lowest BCUT2D eigenvalue weighted by atomic mass is 10.1. The second-order valence-electron chi connectivity index (χ2n) is 4.63. The Kier molecular flexibility index (Phi) is 4.44. The van der Waals surface area contributed by atoms with Gasteiger partial charge in [-0.15, -0.1) is 0 Å². The van der Waals surface area contributed by atoms with Gasteiger partial charge in [0.1, 0.15) is 6.04 Å². The molecule has 0 aliphatic carbocycles. The highest BCUT2D eigenvalue weighted by Gasteiger charge is 2.28. The number of ether oxygens (including phenoxy) is 1. The van der Waals surface area contributed by atoms with Crippen LogP contribution in [0.1, 0.15) is 18.0 Å². The summed E-state index contributed by atoms with van der Waals surface area (Å²) in [7, 11) is 3.71. The first kappa shape index (κ1) is 14.3. The van der Waals surface area contributed by atoms with Crippen LogP contribution in [-0.2, 0) is 9.53 Å². The number of nitrogens with one attached hydrogen (secondary N) is 1. The molecule has 2 rings (SSSR count). The van der Waals surface area contributed by atoms with Crippen LogP contribution >= 0.6 is 15.9 Å². The summed E-state index contributed by atoms with van der Waals surface area (Å²) in [6.07, 6.45) is 0.947. The molecule has 1 heterocycles. The molecule has 1 aliphatic rings. The maximum atomic E-state index is 11.6. The number of nitrogens with two attached hydrogens (primary N) is 1. The highest BCUT2D eigenvalue weighted by atomic mass is 79.9. The van der Waals surface area contributed by atoms with E-state index in [4.69, 9.17) is 10.5 Å². The van der Waals surface area contributed by atoms with E-state index in [9.17, 15) is 4.79 Å². The summed E-state index contributed by atoms with van der Waals surface area (Å²) in [5.41, 5.74) is 8.49. The lowest BCUT2D eigenvalue weighted by Gasteiger charge is -2.21. The number of nitrogens with zero attached hydrogens (tertiary/aromatic N) is 1. The van der Waals surface area contributed by atoms with Crippen LogP contribution in [0, 0.1) is 0 Å². The first-order valence-electron chi connectivity index (χ1n) is 6.14. The van der Waals surface area contributed by atoms with Gasteiger partial charge in [0.25, 0.3) is 0 Å². The number of carbonyl (C=O) groups excluding carboxylic acids is 1. The van der Waals surface area contributed by atoms with Crippen molar-refractivity contribution in [1.82, 2.24) is 0 Å². The summed E-state index contributed by atoms with van der Waals surface area (Å²) in [4.78, 5) is 13.7. The Bertz CT molecular complexity index is 493. The lowest BCUT2D eigenvalue weighted by Crippen LogP contribution is -2.20. The first-order valence-corrected chi connectivity index (χ1v) is 6.94. The number of carbonyl (C=O) groups is 1. The largest absolute Gasteiger partial charge is 0.385 e. The van der Waals surface area contributed by atoms with Crippen LogP contribution in [0.25, 0.3) is 0 Å². The van der Waals surface area contributed by atoms with E-state index in [1.807, 2.05) is 19.2 Å². The molecule has 0 aromatic heterocycles. The molecule has 0 spiro atoms. The van der Waals surface area contributed by atoms with Gasteiger partial charge in [-0.1, -0.05) is 0 Å². The second-order valence-corrected chi connectivity index (χ2v) is 5.48. The second kappa shape index (κ2) is 5.90. The van der Waals surface area contributed by atoms with Gasteiger partial charge in [0, 0.05) is 43.0 Å². The smallest absolute Gasteiger partial charge is 0.245 e. The zero-order valence-electron chi connectivity index (χ0n) is 11.1. The highest BCUT2D eigenvalue weighted by Crippen LogP contribution is 2.37. The standard InChI is InChI=1S/C13H18BrN3O2/c1-17(4-3-5-19-2)11-7-10-8(6-9(11)14)12(15)13(18)16-10/h6-7,12H,3-5,15H2,1-2H3,(H,16,18). The van der Waals surface area contributed by atoms with Gasteiger partial charge in [0.2, 0.25) is 5.91 Å². The summed E-state index contributed by atoms with van der Waals surface area (Å²) in [5, 5.41) is 2.80. The van der Waals surface area contributed by atoms with Crippen LogP contribution in [-0.4, -0.2) is 33.2 Å². The van der Waals surface area contributed by atoms with Crippen molar-refractivity contribution in [3.63, 3.8) is 0 Å². The van der Waals surface area contributed by atoms with E-state index in [1.165, 1.54) is 0 Å². The number of halogens is 1. The van der Waals surface area contributed by atoms with Crippen LogP contribution in [0.4, 0.5) is 11.4 Å². The normalized spacial score (nSPS) is 17.3. The van der Waals surface area contributed by atoms with Crippen LogP contribution < -0.4 is 16.0 Å². The summed E-state index contributed by atoms with van der Waals surface area (Å²) in [5.74, 6) is -0.152. The number of hydrogen-bond donors (Lipinski definition) is 2. The molecule has 0 fully saturated rings. The zero-order chi connectivity index (χ0) is 14.0. The Morgan fingerprint density at radius 3 is 2.95 bits per heavy atom. The number of fused-ring (bicyclic) bond motifs is 1. The third-order valence-corrected chi connectivity index (χ3v) is 3.88. The van der Waals surface area contributed by atoms with Crippen LogP contribution in [0.2, 0.25) is 0 Å². The minimum Gasteiger partial charge on any atom is -0.385 e. The predicted octanol–water partition coefficient (Wildman–Crippen LogP) is 1.87. The topological polar surface area (TPSA) is 67.6 Å². The van der Waals surface area contributed by atoms with E-state index in [-0.39, 0.29) is 5.91 Å². The van der Waals surface area contributed by atoms with Gasteiger partial charge in [0.15, 0.2) is 0 Å². The average Bonchev–Trinajstić information content (AvgIpc) is 2.65. The van der Waals surface area contributed by atoms with Crippen molar-refractivity contribution in [1.29, 1.82) is 0 Å². The molecule has 1 unspecified atom stereocenters. The quantitative estimate of drug-likeness (QED) is 0.810. The number of amides is 1. The van der Waals surface area contributed by atoms with Gasteiger partial charge in [0.05, 0.1) is 5.69 Å². The first-order chi connectivity index (χ1) is 9.04. The summed E-state index contributed by atoms with van der Waals surface area (Å²) in [6, 6.07) is 3.30. The maximum Gasteiger partial charge on any atom is 0.245 e. The zero-order valence-corrected chi connectivity index (χ0v) is 12.7. The van der Waals surface area contributed by atoms with Crippen molar-refractivity contribution in [2.24, 2.45) is 5.73 Å². The third kappa shape index (κ3) is 2.91. The van der Waals surface area contributed by atoms with E-state index >= 15 is 0 Å². The van der Waals surface area contributed by atoms with Crippen LogP contribution in [0.3, 0.4) is 0 Å². The number of methoxy groups -OCH3 is 1. The molecule has 0 saturated heterocycles.